The highest BCUT2D eigenvalue weighted by Crippen LogP contribution is 2.40. The van der Waals surface area contributed by atoms with Gasteiger partial charge in [-0.1, -0.05) is 24.3 Å². The molecule has 0 aliphatic carbocycles. The molecule has 1 aliphatic heterocycles. The molecule has 1 amide bonds. The fourth-order valence-electron chi connectivity index (χ4n) is 3.49. The molecule has 142 valence electrons. The SMILES string of the molecule is CCN1C(=O)c2cccc3c(S(=O)(=O)Nc4ccccc4[N+](=O)[O-])ccc1c23. The zero-order valence-electron chi connectivity index (χ0n) is 14.7. The van der Waals surface area contributed by atoms with Crippen molar-refractivity contribution in [2.45, 2.75) is 11.8 Å². The summed E-state index contributed by atoms with van der Waals surface area (Å²) in [6, 6.07) is 13.5. The van der Waals surface area contributed by atoms with Gasteiger partial charge in [0.1, 0.15) is 5.69 Å². The van der Waals surface area contributed by atoms with Crippen LogP contribution in [0.1, 0.15) is 17.3 Å². The summed E-state index contributed by atoms with van der Waals surface area (Å²) in [6.45, 7) is 2.31. The van der Waals surface area contributed by atoms with Gasteiger partial charge in [-0.3, -0.25) is 19.6 Å². The Labute approximate surface area is 160 Å². The quantitative estimate of drug-likeness (QED) is 0.523. The van der Waals surface area contributed by atoms with Gasteiger partial charge in [0.2, 0.25) is 0 Å². The maximum absolute atomic E-state index is 13.0. The van der Waals surface area contributed by atoms with Gasteiger partial charge < -0.3 is 4.90 Å². The van der Waals surface area contributed by atoms with E-state index in [9.17, 15) is 23.3 Å². The first kappa shape index (κ1) is 17.9. The molecule has 0 unspecified atom stereocenters. The van der Waals surface area contributed by atoms with E-state index in [-0.39, 0.29) is 22.2 Å². The van der Waals surface area contributed by atoms with Crippen molar-refractivity contribution in [2.24, 2.45) is 0 Å². The van der Waals surface area contributed by atoms with E-state index in [0.717, 1.165) is 0 Å². The maximum Gasteiger partial charge on any atom is 0.293 e. The lowest BCUT2D eigenvalue weighted by molar-refractivity contribution is -0.383. The van der Waals surface area contributed by atoms with Crippen LogP contribution in [-0.4, -0.2) is 25.8 Å². The number of carbonyl (C=O) groups excluding carboxylic acids is 1. The molecule has 0 saturated carbocycles. The van der Waals surface area contributed by atoms with Gasteiger partial charge in [-0.05, 0) is 31.2 Å². The molecule has 0 bridgehead atoms. The third kappa shape index (κ3) is 2.59. The van der Waals surface area contributed by atoms with Crippen LogP contribution in [0.15, 0.2) is 59.5 Å². The summed E-state index contributed by atoms with van der Waals surface area (Å²) in [4.78, 5) is 24.6. The number of rotatable bonds is 5. The average Bonchev–Trinajstić information content (AvgIpc) is 2.95. The van der Waals surface area contributed by atoms with Crippen molar-refractivity contribution < 1.29 is 18.1 Å². The lowest BCUT2D eigenvalue weighted by atomic mass is 10.1. The number of nitrogens with one attached hydrogen (secondary N) is 1. The fourth-order valence-corrected chi connectivity index (χ4v) is 4.77. The molecule has 3 aromatic carbocycles. The van der Waals surface area contributed by atoms with Gasteiger partial charge in [-0.15, -0.1) is 0 Å². The summed E-state index contributed by atoms with van der Waals surface area (Å²) >= 11 is 0. The Hall–Kier alpha value is -3.46. The molecule has 0 aromatic heterocycles. The zero-order valence-corrected chi connectivity index (χ0v) is 15.6. The number of amides is 1. The van der Waals surface area contributed by atoms with E-state index in [4.69, 9.17) is 0 Å². The Morgan fingerprint density at radius 3 is 2.54 bits per heavy atom. The molecule has 3 aromatic rings. The van der Waals surface area contributed by atoms with Crippen LogP contribution >= 0.6 is 0 Å². The topological polar surface area (TPSA) is 110 Å². The van der Waals surface area contributed by atoms with Crippen molar-refractivity contribution in [3.63, 3.8) is 0 Å². The van der Waals surface area contributed by atoms with E-state index in [1.807, 2.05) is 6.92 Å². The minimum absolute atomic E-state index is 0.0444. The van der Waals surface area contributed by atoms with Crippen LogP contribution in [0.25, 0.3) is 10.8 Å². The van der Waals surface area contributed by atoms with E-state index in [0.29, 0.717) is 28.6 Å². The monoisotopic (exact) mass is 397 g/mol. The van der Waals surface area contributed by atoms with Crippen molar-refractivity contribution in [3.8, 4) is 0 Å². The Morgan fingerprint density at radius 2 is 1.82 bits per heavy atom. The van der Waals surface area contributed by atoms with Gasteiger partial charge in [-0.25, -0.2) is 8.42 Å². The smallest absolute Gasteiger partial charge is 0.293 e. The minimum Gasteiger partial charge on any atom is -0.308 e. The Balaban J connectivity index is 1.88. The van der Waals surface area contributed by atoms with Gasteiger partial charge in [0, 0.05) is 28.9 Å². The number of hydrogen-bond donors (Lipinski definition) is 1. The Kier molecular flexibility index (Phi) is 4.04. The van der Waals surface area contributed by atoms with Crippen LogP contribution in [0, 0.1) is 10.1 Å². The highest BCUT2D eigenvalue weighted by Gasteiger charge is 2.31. The first-order chi connectivity index (χ1) is 13.3. The number of hydrogen-bond acceptors (Lipinski definition) is 5. The standard InChI is InChI=1S/C19H15N3O5S/c1-2-21-16-10-11-17(12-6-5-7-13(18(12)16)19(21)23)28(26,27)20-14-8-3-4-9-15(14)22(24)25/h3-11,20H,2H2,1H3. The lowest BCUT2D eigenvalue weighted by Gasteiger charge is -2.15. The van der Waals surface area contributed by atoms with Crippen LogP contribution < -0.4 is 9.62 Å². The zero-order chi connectivity index (χ0) is 20.1. The molecule has 0 radical (unpaired) electrons. The molecule has 4 rings (SSSR count). The number of nitro benzene ring substituents is 1. The molecule has 9 heteroatoms. The highest BCUT2D eigenvalue weighted by atomic mass is 32.2. The third-order valence-corrected chi connectivity index (χ3v) is 6.12. The van der Waals surface area contributed by atoms with Crippen LogP contribution in [0.5, 0.6) is 0 Å². The molecule has 0 saturated heterocycles. The largest absolute Gasteiger partial charge is 0.308 e. The molecule has 1 heterocycles. The maximum atomic E-state index is 13.0. The number of carbonyl (C=O) groups is 1. The van der Waals surface area contributed by atoms with Gasteiger partial charge in [0.25, 0.3) is 21.6 Å². The average molecular weight is 397 g/mol. The third-order valence-electron chi connectivity index (χ3n) is 4.70. The van der Waals surface area contributed by atoms with Crippen LogP contribution in [0.4, 0.5) is 17.1 Å². The first-order valence-corrected chi connectivity index (χ1v) is 9.97. The van der Waals surface area contributed by atoms with Crippen molar-refractivity contribution in [1.82, 2.24) is 0 Å². The molecule has 8 nitrogen and oxygen atoms in total. The summed E-state index contributed by atoms with van der Waals surface area (Å²) in [6.07, 6.45) is 0. The number of nitro groups is 1. The fraction of sp³-hybridized carbons (Fsp3) is 0.105. The van der Waals surface area contributed by atoms with E-state index < -0.39 is 14.9 Å². The second-order valence-electron chi connectivity index (χ2n) is 6.24. The number of sulfonamides is 1. The second-order valence-corrected chi connectivity index (χ2v) is 7.89. The number of benzene rings is 3. The number of para-hydroxylation sites is 2. The number of nitrogens with zero attached hydrogens (tertiary/aromatic N) is 2. The van der Waals surface area contributed by atoms with Crippen molar-refractivity contribution in [1.29, 1.82) is 0 Å². The lowest BCUT2D eigenvalue weighted by Crippen LogP contribution is -2.25. The first-order valence-electron chi connectivity index (χ1n) is 8.49. The van der Waals surface area contributed by atoms with Crippen molar-refractivity contribution in [2.75, 3.05) is 16.2 Å². The molecule has 0 spiro atoms. The van der Waals surface area contributed by atoms with Crippen LogP contribution in [-0.2, 0) is 10.0 Å². The van der Waals surface area contributed by atoms with E-state index >= 15 is 0 Å². The van der Waals surface area contributed by atoms with Crippen molar-refractivity contribution in [3.05, 3.63) is 70.3 Å². The summed E-state index contributed by atoms with van der Waals surface area (Å²) in [5.41, 5.74) is 0.631. The van der Waals surface area contributed by atoms with Gasteiger partial charge in [-0.2, -0.15) is 0 Å². The van der Waals surface area contributed by atoms with E-state index in [2.05, 4.69) is 4.72 Å². The summed E-state index contributed by atoms with van der Waals surface area (Å²) in [5.74, 6) is -0.177. The minimum atomic E-state index is -4.13. The molecule has 0 fully saturated rings. The Morgan fingerprint density at radius 1 is 1.07 bits per heavy atom. The van der Waals surface area contributed by atoms with Crippen LogP contribution in [0.3, 0.4) is 0 Å². The predicted molar refractivity (Wildman–Crippen MR) is 105 cm³/mol. The summed E-state index contributed by atoms with van der Waals surface area (Å²) in [5, 5.41) is 12.2. The molecule has 1 aliphatic rings. The summed E-state index contributed by atoms with van der Waals surface area (Å²) < 4.78 is 28.4. The normalized spacial score (nSPS) is 13.2. The van der Waals surface area contributed by atoms with E-state index in [1.54, 1.807) is 29.2 Å². The molecular weight excluding hydrogens is 382 g/mol. The molecule has 28 heavy (non-hydrogen) atoms. The highest BCUT2D eigenvalue weighted by molar-refractivity contribution is 7.93. The van der Waals surface area contributed by atoms with Crippen LogP contribution in [0.2, 0.25) is 0 Å². The van der Waals surface area contributed by atoms with Crippen molar-refractivity contribution >= 4 is 43.8 Å². The number of anilines is 2. The molecule has 0 atom stereocenters. The van der Waals surface area contributed by atoms with Gasteiger partial charge in [0.15, 0.2) is 0 Å². The Bertz CT molecular complexity index is 1250. The molecule has 1 N–H and O–H groups in total. The second kappa shape index (κ2) is 6.31. The molecular formula is C19H15N3O5S. The summed E-state index contributed by atoms with van der Waals surface area (Å²) in [7, 11) is -4.13. The predicted octanol–water partition coefficient (Wildman–Crippen LogP) is 3.53. The van der Waals surface area contributed by atoms with Gasteiger partial charge >= 0.3 is 0 Å². The van der Waals surface area contributed by atoms with E-state index in [1.165, 1.54) is 30.3 Å². The van der Waals surface area contributed by atoms with Gasteiger partial charge in [0.05, 0.1) is 15.5 Å².